The van der Waals surface area contributed by atoms with Gasteiger partial charge in [-0.15, -0.1) is 0 Å². The van der Waals surface area contributed by atoms with E-state index < -0.39 is 0 Å². The first-order valence-electron chi connectivity index (χ1n) is 4.97. The number of carbonyl (C=O) groups is 1. The van der Waals surface area contributed by atoms with Crippen molar-refractivity contribution in [3.63, 3.8) is 0 Å². The molecule has 2 aromatic carbocycles. The highest BCUT2D eigenvalue weighted by Gasteiger charge is 2.09. The van der Waals surface area contributed by atoms with E-state index in [0.29, 0.717) is 11.4 Å². The van der Waals surface area contributed by atoms with Gasteiger partial charge < -0.3 is 5.73 Å². The van der Waals surface area contributed by atoms with Crippen molar-refractivity contribution in [2.45, 2.75) is 0 Å². The lowest BCUT2D eigenvalue weighted by Crippen LogP contribution is -2.15. The third-order valence-electron chi connectivity index (χ3n) is 2.34. The molecule has 0 spiro atoms. The number of benzene rings is 2. The van der Waals surface area contributed by atoms with Gasteiger partial charge in [-0.3, -0.25) is 9.69 Å². The van der Waals surface area contributed by atoms with E-state index in [1.54, 1.807) is 6.07 Å². The average Bonchev–Trinajstić information content (AvgIpc) is 2.34. The summed E-state index contributed by atoms with van der Waals surface area (Å²) in [6.07, 6.45) is 0.765. The lowest BCUT2D eigenvalue weighted by atomic mass is 10.2. The molecule has 80 valence electrons. The van der Waals surface area contributed by atoms with Crippen LogP contribution in [0.4, 0.5) is 17.1 Å². The van der Waals surface area contributed by atoms with E-state index in [2.05, 4.69) is 0 Å². The minimum atomic E-state index is 0.582. The Morgan fingerprint density at radius 1 is 0.938 bits per heavy atom. The molecule has 3 nitrogen and oxygen atoms in total. The van der Waals surface area contributed by atoms with E-state index >= 15 is 0 Å². The molecule has 2 aromatic rings. The molecule has 0 aliphatic heterocycles. The summed E-state index contributed by atoms with van der Waals surface area (Å²) in [4.78, 5) is 12.7. The van der Waals surface area contributed by atoms with E-state index in [-0.39, 0.29) is 0 Å². The van der Waals surface area contributed by atoms with Crippen LogP contribution in [0.3, 0.4) is 0 Å². The zero-order valence-corrected chi connectivity index (χ0v) is 8.71. The normalized spacial score (nSPS) is 9.75. The molecule has 0 bridgehead atoms. The molecule has 0 aromatic heterocycles. The number of carbonyl (C=O) groups excluding carboxylic acids is 1. The molecule has 0 fully saturated rings. The summed E-state index contributed by atoms with van der Waals surface area (Å²) >= 11 is 0. The highest BCUT2D eigenvalue weighted by molar-refractivity contribution is 5.91. The monoisotopic (exact) mass is 212 g/mol. The number of nitrogens with zero attached hydrogens (tertiary/aromatic N) is 1. The van der Waals surface area contributed by atoms with Crippen LogP contribution in [0.5, 0.6) is 0 Å². The zero-order chi connectivity index (χ0) is 11.4. The highest BCUT2D eigenvalue weighted by atomic mass is 16.1. The van der Waals surface area contributed by atoms with E-state index in [1.807, 2.05) is 48.5 Å². The van der Waals surface area contributed by atoms with Gasteiger partial charge in [-0.05, 0) is 24.3 Å². The van der Waals surface area contributed by atoms with Gasteiger partial charge in [0, 0.05) is 5.69 Å². The van der Waals surface area contributed by atoms with Crippen LogP contribution in [0.1, 0.15) is 0 Å². The van der Waals surface area contributed by atoms with Gasteiger partial charge in [-0.25, -0.2) is 0 Å². The maximum absolute atomic E-state index is 11.1. The first-order valence-corrected chi connectivity index (χ1v) is 4.97. The van der Waals surface area contributed by atoms with Gasteiger partial charge in [-0.1, -0.05) is 30.3 Å². The fourth-order valence-electron chi connectivity index (χ4n) is 1.55. The number of nitrogens with two attached hydrogens (primary N) is 1. The van der Waals surface area contributed by atoms with Crippen molar-refractivity contribution in [1.82, 2.24) is 0 Å². The Kier molecular flexibility index (Phi) is 2.87. The van der Waals surface area contributed by atoms with Crippen LogP contribution >= 0.6 is 0 Å². The summed E-state index contributed by atoms with van der Waals surface area (Å²) in [5.74, 6) is 0. The number of anilines is 3. The minimum Gasteiger partial charge on any atom is -0.397 e. The molecule has 2 rings (SSSR count). The van der Waals surface area contributed by atoms with Gasteiger partial charge in [0.15, 0.2) is 0 Å². The Labute approximate surface area is 94.1 Å². The maximum atomic E-state index is 11.1. The quantitative estimate of drug-likeness (QED) is 0.627. The van der Waals surface area contributed by atoms with Crippen LogP contribution < -0.4 is 10.6 Å². The second kappa shape index (κ2) is 4.49. The van der Waals surface area contributed by atoms with Crippen LogP contribution in [0.25, 0.3) is 0 Å². The van der Waals surface area contributed by atoms with Crippen molar-refractivity contribution in [2.24, 2.45) is 0 Å². The number of rotatable bonds is 3. The third-order valence-corrected chi connectivity index (χ3v) is 2.34. The fourth-order valence-corrected chi connectivity index (χ4v) is 1.55. The molecular weight excluding hydrogens is 200 g/mol. The van der Waals surface area contributed by atoms with Crippen molar-refractivity contribution in [3.8, 4) is 0 Å². The maximum Gasteiger partial charge on any atom is 0.218 e. The first-order chi connectivity index (χ1) is 7.83. The summed E-state index contributed by atoms with van der Waals surface area (Å²) in [6.45, 7) is 0. The lowest BCUT2D eigenvalue weighted by Gasteiger charge is -2.19. The van der Waals surface area contributed by atoms with Crippen LogP contribution in [0.15, 0.2) is 54.6 Å². The molecule has 0 unspecified atom stereocenters. The van der Waals surface area contributed by atoms with Gasteiger partial charge in [0.25, 0.3) is 0 Å². The fraction of sp³-hybridized carbons (Fsp3) is 0. The number of hydrogen-bond donors (Lipinski definition) is 1. The van der Waals surface area contributed by atoms with Crippen molar-refractivity contribution in [3.05, 3.63) is 54.6 Å². The molecule has 1 amide bonds. The van der Waals surface area contributed by atoms with E-state index in [9.17, 15) is 4.79 Å². The van der Waals surface area contributed by atoms with Gasteiger partial charge in [-0.2, -0.15) is 0 Å². The molecule has 3 heteroatoms. The van der Waals surface area contributed by atoms with E-state index in [4.69, 9.17) is 5.73 Å². The smallest absolute Gasteiger partial charge is 0.218 e. The molecule has 0 aliphatic carbocycles. The molecule has 0 atom stereocenters. The van der Waals surface area contributed by atoms with E-state index in [0.717, 1.165) is 12.1 Å². The second-order valence-electron chi connectivity index (χ2n) is 3.37. The number of para-hydroxylation sites is 3. The molecule has 0 saturated heterocycles. The summed E-state index contributed by atoms with van der Waals surface area (Å²) in [5.41, 5.74) is 7.91. The predicted molar refractivity (Wildman–Crippen MR) is 65.5 cm³/mol. The summed E-state index contributed by atoms with van der Waals surface area (Å²) in [6, 6.07) is 16.7. The van der Waals surface area contributed by atoms with Gasteiger partial charge in [0.1, 0.15) is 0 Å². The van der Waals surface area contributed by atoms with Crippen molar-refractivity contribution in [1.29, 1.82) is 0 Å². The second-order valence-corrected chi connectivity index (χ2v) is 3.37. The standard InChI is InChI=1S/C13H12N2O/c14-12-8-4-5-9-13(12)15(10-16)11-6-2-1-3-7-11/h1-10H,14H2. The Balaban J connectivity index is 2.45. The van der Waals surface area contributed by atoms with Gasteiger partial charge >= 0.3 is 0 Å². The summed E-state index contributed by atoms with van der Waals surface area (Å²) < 4.78 is 0. The lowest BCUT2D eigenvalue weighted by molar-refractivity contribution is -0.106. The molecule has 0 radical (unpaired) electrons. The Hall–Kier alpha value is -2.29. The molecule has 0 saturated carbocycles. The molecule has 0 heterocycles. The SMILES string of the molecule is Nc1ccccc1N(C=O)c1ccccc1. The highest BCUT2D eigenvalue weighted by Crippen LogP contribution is 2.28. The molecule has 2 N–H and O–H groups in total. The third kappa shape index (κ3) is 1.88. The average molecular weight is 212 g/mol. The zero-order valence-electron chi connectivity index (χ0n) is 8.71. The predicted octanol–water partition coefficient (Wildman–Crippen LogP) is 2.56. The van der Waals surface area contributed by atoms with Crippen molar-refractivity contribution >= 4 is 23.5 Å². The number of nitrogen functional groups attached to an aromatic ring is 1. The van der Waals surface area contributed by atoms with Crippen molar-refractivity contribution in [2.75, 3.05) is 10.6 Å². The van der Waals surface area contributed by atoms with Crippen LogP contribution in [0.2, 0.25) is 0 Å². The summed E-state index contributed by atoms with van der Waals surface area (Å²) in [7, 11) is 0. The Morgan fingerprint density at radius 2 is 1.56 bits per heavy atom. The van der Waals surface area contributed by atoms with Gasteiger partial charge in [0.05, 0.1) is 11.4 Å². The van der Waals surface area contributed by atoms with Crippen LogP contribution in [-0.2, 0) is 4.79 Å². The van der Waals surface area contributed by atoms with Crippen molar-refractivity contribution < 1.29 is 4.79 Å². The van der Waals surface area contributed by atoms with Gasteiger partial charge in [0.2, 0.25) is 6.41 Å². The topological polar surface area (TPSA) is 46.3 Å². The molecular formula is C13H12N2O. The van der Waals surface area contributed by atoms with Crippen LogP contribution in [0, 0.1) is 0 Å². The minimum absolute atomic E-state index is 0.582. The van der Waals surface area contributed by atoms with E-state index in [1.165, 1.54) is 4.90 Å². The Bertz CT molecular complexity index is 482. The number of amides is 1. The number of hydrogen-bond acceptors (Lipinski definition) is 2. The molecule has 16 heavy (non-hydrogen) atoms. The first kappa shape index (κ1) is 10.2. The Morgan fingerprint density at radius 3 is 2.19 bits per heavy atom. The molecule has 0 aliphatic rings. The summed E-state index contributed by atoms with van der Waals surface area (Å²) in [5, 5.41) is 0. The van der Waals surface area contributed by atoms with Crippen LogP contribution in [-0.4, -0.2) is 6.41 Å². The largest absolute Gasteiger partial charge is 0.397 e.